The highest BCUT2D eigenvalue weighted by Crippen LogP contribution is 2.17. The molecule has 1 aromatic heterocycles. The fourth-order valence-electron chi connectivity index (χ4n) is 1.65. The van der Waals surface area contributed by atoms with Crippen LogP contribution in [0.4, 0.5) is 10.5 Å². The monoisotopic (exact) mass is 260 g/mol. The second-order valence-corrected chi connectivity index (χ2v) is 5.25. The van der Waals surface area contributed by atoms with Gasteiger partial charge in [-0.05, 0) is 45.0 Å². The lowest BCUT2D eigenvalue weighted by atomic mass is 10.2. The maximum atomic E-state index is 11.6. The number of aromatic amines is 1. The molecule has 2 rings (SSSR count). The number of anilines is 1. The summed E-state index contributed by atoms with van der Waals surface area (Å²) in [4.78, 5) is 25.5. The third-order valence-electron chi connectivity index (χ3n) is 2.37. The Morgan fingerprint density at radius 1 is 1.21 bits per heavy atom. The van der Waals surface area contributed by atoms with Crippen LogP contribution in [-0.2, 0) is 4.74 Å². The van der Waals surface area contributed by atoms with E-state index in [1.54, 1.807) is 45.0 Å². The van der Waals surface area contributed by atoms with Crippen LogP contribution in [0.5, 0.6) is 0 Å². The quantitative estimate of drug-likeness (QED) is 0.828. The lowest BCUT2D eigenvalue weighted by molar-refractivity contribution is 0.0636. The first-order valence-electron chi connectivity index (χ1n) is 5.97. The molecule has 1 amide bonds. The SMILES string of the molecule is CC(C)(C)OC(=O)Nc1ccc2[nH]c(=O)ccc2c1. The second kappa shape index (κ2) is 4.76. The number of pyridine rings is 1. The molecule has 0 atom stereocenters. The zero-order chi connectivity index (χ0) is 14.0. The molecule has 0 aliphatic carbocycles. The van der Waals surface area contributed by atoms with Crippen molar-refractivity contribution in [2.24, 2.45) is 0 Å². The summed E-state index contributed by atoms with van der Waals surface area (Å²) in [6.45, 7) is 5.41. The van der Waals surface area contributed by atoms with E-state index in [1.807, 2.05) is 0 Å². The summed E-state index contributed by atoms with van der Waals surface area (Å²) in [7, 11) is 0. The highest BCUT2D eigenvalue weighted by molar-refractivity contribution is 5.89. The Morgan fingerprint density at radius 2 is 1.95 bits per heavy atom. The van der Waals surface area contributed by atoms with Crippen molar-refractivity contribution in [3.63, 3.8) is 0 Å². The van der Waals surface area contributed by atoms with Crippen molar-refractivity contribution in [1.29, 1.82) is 0 Å². The van der Waals surface area contributed by atoms with Crippen LogP contribution in [-0.4, -0.2) is 16.7 Å². The molecule has 0 fully saturated rings. The first-order valence-corrected chi connectivity index (χ1v) is 5.97. The molecule has 5 heteroatoms. The van der Waals surface area contributed by atoms with Crippen molar-refractivity contribution in [3.8, 4) is 0 Å². The Bertz CT molecular complexity index is 668. The van der Waals surface area contributed by atoms with Crippen molar-refractivity contribution in [2.75, 3.05) is 5.32 Å². The smallest absolute Gasteiger partial charge is 0.412 e. The van der Waals surface area contributed by atoms with Crippen LogP contribution in [0.15, 0.2) is 35.1 Å². The molecule has 100 valence electrons. The van der Waals surface area contributed by atoms with Crippen LogP contribution in [0.3, 0.4) is 0 Å². The van der Waals surface area contributed by atoms with Gasteiger partial charge in [0.1, 0.15) is 5.60 Å². The highest BCUT2D eigenvalue weighted by Gasteiger charge is 2.16. The van der Waals surface area contributed by atoms with E-state index in [4.69, 9.17) is 4.74 Å². The van der Waals surface area contributed by atoms with E-state index in [0.29, 0.717) is 5.69 Å². The number of ether oxygens (including phenoxy) is 1. The van der Waals surface area contributed by atoms with Gasteiger partial charge in [-0.25, -0.2) is 4.79 Å². The third kappa shape index (κ3) is 3.58. The van der Waals surface area contributed by atoms with Crippen molar-refractivity contribution < 1.29 is 9.53 Å². The molecule has 0 saturated carbocycles. The third-order valence-corrected chi connectivity index (χ3v) is 2.37. The molecule has 0 spiro atoms. The zero-order valence-corrected chi connectivity index (χ0v) is 11.1. The van der Waals surface area contributed by atoms with Crippen LogP contribution in [0.1, 0.15) is 20.8 Å². The molecule has 19 heavy (non-hydrogen) atoms. The summed E-state index contributed by atoms with van der Waals surface area (Å²) in [5, 5.41) is 3.49. The second-order valence-electron chi connectivity index (χ2n) is 5.25. The van der Waals surface area contributed by atoms with Crippen molar-refractivity contribution in [1.82, 2.24) is 4.98 Å². The maximum Gasteiger partial charge on any atom is 0.412 e. The molecular weight excluding hydrogens is 244 g/mol. The minimum Gasteiger partial charge on any atom is -0.444 e. The van der Waals surface area contributed by atoms with Gasteiger partial charge in [-0.3, -0.25) is 10.1 Å². The lowest BCUT2D eigenvalue weighted by Crippen LogP contribution is -2.27. The van der Waals surface area contributed by atoms with E-state index < -0.39 is 11.7 Å². The van der Waals surface area contributed by atoms with Crippen molar-refractivity contribution in [3.05, 3.63) is 40.7 Å². The molecule has 1 aromatic carbocycles. The number of amides is 1. The Morgan fingerprint density at radius 3 is 2.63 bits per heavy atom. The number of hydrogen-bond acceptors (Lipinski definition) is 3. The summed E-state index contributed by atoms with van der Waals surface area (Å²) in [5.74, 6) is 0. The molecule has 0 saturated heterocycles. The van der Waals surface area contributed by atoms with Crippen LogP contribution >= 0.6 is 0 Å². The fraction of sp³-hybridized carbons (Fsp3) is 0.286. The Balaban J connectivity index is 2.20. The van der Waals surface area contributed by atoms with Crippen LogP contribution in [0.25, 0.3) is 10.9 Å². The van der Waals surface area contributed by atoms with Crippen molar-refractivity contribution >= 4 is 22.7 Å². The average Bonchev–Trinajstić information content (AvgIpc) is 2.26. The number of carbonyl (C=O) groups is 1. The van der Waals surface area contributed by atoms with Gasteiger partial charge < -0.3 is 9.72 Å². The molecule has 0 unspecified atom stereocenters. The number of rotatable bonds is 1. The van der Waals surface area contributed by atoms with Gasteiger partial charge in [-0.15, -0.1) is 0 Å². The molecule has 5 nitrogen and oxygen atoms in total. The number of fused-ring (bicyclic) bond motifs is 1. The number of benzene rings is 1. The zero-order valence-electron chi connectivity index (χ0n) is 11.1. The van der Waals surface area contributed by atoms with Crippen molar-refractivity contribution in [2.45, 2.75) is 26.4 Å². The molecular formula is C14H16N2O3. The first kappa shape index (κ1) is 13.1. The molecule has 0 radical (unpaired) electrons. The average molecular weight is 260 g/mol. The van der Waals surface area contributed by atoms with Gasteiger partial charge in [0.05, 0.1) is 0 Å². The predicted octanol–water partition coefficient (Wildman–Crippen LogP) is 2.88. The first-order chi connectivity index (χ1) is 8.83. The molecule has 2 aromatic rings. The van der Waals surface area contributed by atoms with Gasteiger partial charge >= 0.3 is 6.09 Å². The Kier molecular flexibility index (Phi) is 3.29. The van der Waals surface area contributed by atoms with E-state index in [9.17, 15) is 9.59 Å². The molecule has 0 aliphatic rings. The van der Waals surface area contributed by atoms with E-state index in [2.05, 4.69) is 10.3 Å². The maximum absolute atomic E-state index is 11.6. The number of H-pyrrole nitrogens is 1. The summed E-state index contributed by atoms with van der Waals surface area (Å²) >= 11 is 0. The summed E-state index contributed by atoms with van der Waals surface area (Å²) in [6, 6.07) is 8.37. The van der Waals surface area contributed by atoms with E-state index in [0.717, 1.165) is 10.9 Å². The minimum atomic E-state index is -0.536. The lowest BCUT2D eigenvalue weighted by Gasteiger charge is -2.19. The normalized spacial score (nSPS) is 11.3. The number of hydrogen-bond donors (Lipinski definition) is 2. The number of carbonyl (C=O) groups excluding carboxylic acids is 1. The summed E-state index contributed by atoms with van der Waals surface area (Å²) in [5.41, 5.74) is 0.656. The molecule has 1 heterocycles. The van der Waals surface area contributed by atoms with Crippen LogP contribution in [0, 0.1) is 0 Å². The van der Waals surface area contributed by atoms with Crippen LogP contribution in [0.2, 0.25) is 0 Å². The largest absolute Gasteiger partial charge is 0.444 e. The van der Waals surface area contributed by atoms with Gasteiger partial charge in [-0.2, -0.15) is 0 Å². The van der Waals surface area contributed by atoms with Crippen LogP contribution < -0.4 is 10.9 Å². The standard InChI is InChI=1S/C14H16N2O3/c1-14(2,3)19-13(18)15-10-5-6-11-9(8-10)4-7-12(17)16-11/h4-8H,1-3H3,(H,15,18)(H,16,17). The van der Waals surface area contributed by atoms with E-state index in [-0.39, 0.29) is 5.56 Å². The topological polar surface area (TPSA) is 71.2 Å². The van der Waals surface area contributed by atoms with E-state index in [1.165, 1.54) is 6.07 Å². The Labute approximate surface area is 110 Å². The predicted molar refractivity (Wildman–Crippen MR) is 74.4 cm³/mol. The van der Waals surface area contributed by atoms with Gasteiger partial charge in [0.25, 0.3) is 0 Å². The van der Waals surface area contributed by atoms with Gasteiger partial charge in [0, 0.05) is 22.7 Å². The number of nitrogens with one attached hydrogen (secondary N) is 2. The summed E-state index contributed by atoms with van der Waals surface area (Å²) in [6.07, 6.45) is -0.503. The summed E-state index contributed by atoms with van der Waals surface area (Å²) < 4.78 is 5.16. The van der Waals surface area contributed by atoms with Gasteiger partial charge in [0.2, 0.25) is 5.56 Å². The number of aromatic nitrogens is 1. The van der Waals surface area contributed by atoms with Gasteiger partial charge in [-0.1, -0.05) is 0 Å². The van der Waals surface area contributed by atoms with Gasteiger partial charge in [0.15, 0.2) is 0 Å². The molecule has 0 aliphatic heterocycles. The molecule has 0 bridgehead atoms. The highest BCUT2D eigenvalue weighted by atomic mass is 16.6. The van der Waals surface area contributed by atoms with E-state index >= 15 is 0 Å². The minimum absolute atomic E-state index is 0.152. The molecule has 2 N–H and O–H groups in total. The Hall–Kier alpha value is -2.30. The fourth-order valence-corrected chi connectivity index (χ4v) is 1.65.